The van der Waals surface area contributed by atoms with Crippen molar-refractivity contribution < 1.29 is 19.0 Å². The van der Waals surface area contributed by atoms with Crippen molar-refractivity contribution in [1.29, 1.82) is 0 Å². The first-order chi connectivity index (χ1) is 6.03. The highest BCUT2D eigenvalue weighted by molar-refractivity contribution is 5.58. The molecule has 0 aromatic heterocycles. The second-order valence-corrected chi connectivity index (χ2v) is 4.01. The lowest BCUT2D eigenvalue weighted by atomic mass is 10.1. The Kier molecular flexibility index (Phi) is 1.94. The Bertz CT molecular complexity index is 226. The molecule has 0 N–H and O–H groups in total. The quantitative estimate of drug-likeness (QED) is 0.559. The Morgan fingerprint density at radius 3 is 2.46 bits per heavy atom. The van der Waals surface area contributed by atoms with E-state index < -0.39 is 11.9 Å². The molecule has 0 radical (unpaired) electrons. The molecular weight excluding hydrogens is 172 g/mol. The number of hydrogen-bond acceptors (Lipinski definition) is 4. The van der Waals surface area contributed by atoms with E-state index in [1.807, 2.05) is 20.8 Å². The predicted octanol–water partition coefficient (Wildman–Crippen LogP) is 0.493. The summed E-state index contributed by atoms with van der Waals surface area (Å²) in [6.07, 6.45) is -0.0946. The van der Waals surface area contributed by atoms with Crippen molar-refractivity contribution in [2.24, 2.45) is 0 Å². The maximum atomic E-state index is 10.6. The summed E-state index contributed by atoms with van der Waals surface area (Å²) in [5, 5.41) is 0. The van der Waals surface area contributed by atoms with Crippen LogP contribution in [0.1, 0.15) is 20.8 Å². The summed E-state index contributed by atoms with van der Waals surface area (Å²) in [6.45, 7) is 5.59. The molecule has 2 rings (SSSR count). The molecule has 2 fully saturated rings. The summed E-state index contributed by atoms with van der Waals surface area (Å²) in [7, 11) is 0. The zero-order valence-corrected chi connectivity index (χ0v) is 8.02. The number of aldehydes is 1. The monoisotopic (exact) mass is 186 g/mol. The van der Waals surface area contributed by atoms with Gasteiger partial charge in [0, 0.05) is 0 Å². The van der Waals surface area contributed by atoms with Gasteiger partial charge in [0.25, 0.3) is 0 Å². The van der Waals surface area contributed by atoms with Gasteiger partial charge in [-0.2, -0.15) is 0 Å². The molecule has 0 saturated carbocycles. The van der Waals surface area contributed by atoms with Crippen LogP contribution in [0.25, 0.3) is 0 Å². The van der Waals surface area contributed by atoms with Gasteiger partial charge in [0.05, 0.1) is 6.10 Å². The fraction of sp³-hybridized carbons (Fsp3) is 0.889. The van der Waals surface area contributed by atoms with Crippen LogP contribution in [-0.4, -0.2) is 36.5 Å². The second-order valence-electron chi connectivity index (χ2n) is 4.01. The fourth-order valence-electron chi connectivity index (χ4n) is 1.95. The zero-order valence-electron chi connectivity index (χ0n) is 8.02. The van der Waals surface area contributed by atoms with Gasteiger partial charge in [0.1, 0.15) is 18.3 Å². The Balaban J connectivity index is 2.17. The standard InChI is InChI=1S/C9H14O4/c1-5-7-8(6(4-10)11-5)13-9(2,3)12-7/h4-8H,1-3H3/t5?,6?,7-,8?/m1/s1. The van der Waals surface area contributed by atoms with Gasteiger partial charge in [-0.05, 0) is 20.8 Å². The lowest BCUT2D eigenvalue weighted by Crippen LogP contribution is -2.30. The van der Waals surface area contributed by atoms with Crippen LogP contribution in [-0.2, 0) is 19.0 Å². The first-order valence-electron chi connectivity index (χ1n) is 4.50. The summed E-state index contributed by atoms with van der Waals surface area (Å²) in [4.78, 5) is 10.6. The molecule has 4 atom stereocenters. The van der Waals surface area contributed by atoms with Crippen LogP contribution in [0.2, 0.25) is 0 Å². The van der Waals surface area contributed by atoms with Crippen molar-refractivity contribution in [3.63, 3.8) is 0 Å². The molecule has 0 aromatic carbocycles. The third-order valence-electron chi connectivity index (χ3n) is 2.46. The maximum absolute atomic E-state index is 10.6. The lowest BCUT2D eigenvalue weighted by molar-refractivity contribution is -0.183. The van der Waals surface area contributed by atoms with Crippen molar-refractivity contribution in [2.75, 3.05) is 0 Å². The van der Waals surface area contributed by atoms with Crippen LogP contribution in [0, 0.1) is 0 Å². The molecule has 0 spiro atoms. The van der Waals surface area contributed by atoms with Gasteiger partial charge in [0.2, 0.25) is 0 Å². The van der Waals surface area contributed by atoms with Gasteiger partial charge in [-0.25, -0.2) is 0 Å². The molecule has 13 heavy (non-hydrogen) atoms. The molecule has 74 valence electrons. The molecule has 4 nitrogen and oxygen atoms in total. The molecule has 0 aliphatic carbocycles. The van der Waals surface area contributed by atoms with E-state index in [9.17, 15) is 4.79 Å². The van der Waals surface area contributed by atoms with E-state index in [2.05, 4.69) is 0 Å². The van der Waals surface area contributed by atoms with Crippen LogP contribution in [0.4, 0.5) is 0 Å². The van der Waals surface area contributed by atoms with E-state index in [1.165, 1.54) is 0 Å². The minimum Gasteiger partial charge on any atom is -0.362 e. The van der Waals surface area contributed by atoms with Crippen LogP contribution in [0.3, 0.4) is 0 Å². The topological polar surface area (TPSA) is 44.8 Å². The number of rotatable bonds is 1. The van der Waals surface area contributed by atoms with Crippen molar-refractivity contribution in [3.8, 4) is 0 Å². The van der Waals surface area contributed by atoms with Gasteiger partial charge in [-0.1, -0.05) is 0 Å². The number of fused-ring (bicyclic) bond motifs is 1. The van der Waals surface area contributed by atoms with E-state index in [1.54, 1.807) is 0 Å². The highest BCUT2D eigenvalue weighted by Gasteiger charge is 2.53. The highest BCUT2D eigenvalue weighted by atomic mass is 16.8. The van der Waals surface area contributed by atoms with Gasteiger partial charge in [-0.3, -0.25) is 0 Å². The highest BCUT2D eigenvalue weighted by Crippen LogP contribution is 2.37. The molecule has 4 heteroatoms. The normalized spacial score (nSPS) is 47.6. The SMILES string of the molecule is CC1OC(C=O)C2OC(C)(C)O[C@H]12. The van der Waals surface area contributed by atoms with E-state index in [0.29, 0.717) is 0 Å². The van der Waals surface area contributed by atoms with Crippen molar-refractivity contribution in [3.05, 3.63) is 0 Å². The first-order valence-corrected chi connectivity index (χ1v) is 4.50. The molecule has 0 aromatic rings. The van der Waals surface area contributed by atoms with E-state index in [0.717, 1.165) is 6.29 Å². The number of ether oxygens (including phenoxy) is 3. The Morgan fingerprint density at radius 1 is 1.23 bits per heavy atom. The summed E-state index contributed by atoms with van der Waals surface area (Å²) >= 11 is 0. The van der Waals surface area contributed by atoms with E-state index in [4.69, 9.17) is 14.2 Å². The van der Waals surface area contributed by atoms with Crippen molar-refractivity contribution in [2.45, 2.75) is 51.0 Å². The average molecular weight is 186 g/mol. The Hall–Kier alpha value is -0.450. The summed E-state index contributed by atoms with van der Waals surface area (Å²) in [6, 6.07) is 0. The molecule has 2 saturated heterocycles. The van der Waals surface area contributed by atoms with E-state index in [-0.39, 0.29) is 18.3 Å². The van der Waals surface area contributed by atoms with Crippen molar-refractivity contribution >= 4 is 6.29 Å². The largest absolute Gasteiger partial charge is 0.362 e. The smallest absolute Gasteiger partial charge is 0.164 e. The van der Waals surface area contributed by atoms with Crippen molar-refractivity contribution in [1.82, 2.24) is 0 Å². The van der Waals surface area contributed by atoms with Crippen LogP contribution in [0.15, 0.2) is 0 Å². The summed E-state index contributed by atoms with van der Waals surface area (Å²) < 4.78 is 16.5. The third kappa shape index (κ3) is 1.39. The predicted molar refractivity (Wildman–Crippen MR) is 44.2 cm³/mol. The average Bonchev–Trinajstić information content (AvgIpc) is 2.47. The molecule has 3 unspecified atom stereocenters. The maximum Gasteiger partial charge on any atom is 0.164 e. The molecule has 2 aliphatic rings. The zero-order chi connectivity index (χ0) is 9.64. The number of carbonyl (C=O) groups excluding carboxylic acids is 1. The minimum atomic E-state index is -0.589. The van der Waals surface area contributed by atoms with E-state index >= 15 is 0 Å². The fourth-order valence-corrected chi connectivity index (χ4v) is 1.95. The third-order valence-corrected chi connectivity index (χ3v) is 2.46. The van der Waals surface area contributed by atoms with Crippen LogP contribution >= 0.6 is 0 Å². The van der Waals surface area contributed by atoms with Gasteiger partial charge in [0.15, 0.2) is 12.1 Å². The van der Waals surface area contributed by atoms with Gasteiger partial charge in [-0.15, -0.1) is 0 Å². The molecule has 0 amide bonds. The molecule has 2 heterocycles. The summed E-state index contributed by atoms with van der Waals surface area (Å²) in [5.41, 5.74) is 0. The summed E-state index contributed by atoms with van der Waals surface area (Å²) in [5.74, 6) is -0.589. The number of hydrogen-bond donors (Lipinski definition) is 0. The molecular formula is C9H14O4. The van der Waals surface area contributed by atoms with Crippen LogP contribution in [0.5, 0.6) is 0 Å². The van der Waals surface area contributed by atoms with Crippen LogP contribution < -0.4 is 0 Å². The first kappa shape index (κ1) is 9.12. The molecule has 2 aliphatic heterocycles. The Labute approximate surface area is 77.1 Å². The lowest BCUT2D eigenvalue weighted by Gasteiger charge is -2.21. The van der Waals surface area contributed by atoms with Gasteiger partial charge < -0.3 is 19.0 Å². The van der Waals surface area contributed by atoms with Gasteiger partial charge >= 0.3 is 0 Å². The Morgan fingerprint density at radius 2 is 1.85 bits per heavy atom. The number of carbonyl (C=O) groups is 1. The second kappa shape index (κ2) is 2.77. The minimum absolute atomic E-state index is 0.0676. The molecule has 0 bridgehead atoms.